The van der Waals surface area contributed by atoms with Crippen LogP contribution >= 0.6 is 0 Å². The molecule has 0 radical (unpaired) electrons. The van der Waals surface area contributed by atoms with Gasteiger partial charge in [0.2, 0.25) is 0 Å². The zero-order valence-corrected chi connectivity index (χ0v) is 13.0. The predicted octanol–water partition coefficient (Wildman–Crippen LogP) is 2.49. The molecule has 1 aliphatic heterocycles. The van der Waals surface area contributed by atoms with Crippen molar-refractivity contribution >= 4 is 17.9 Å². The van der Waals surface area contributed by atoms with Gasteiger partial charge >= 0.3 is 12.0 Å². The van der Waals surface area contributed by atoms with Gasteiger partial charge in [-0.15, -0.1) is 0 Å². The van der Waals surface area contributed by atoms with Crippen LogP contribution in [0.1, 0.15) is 33.1 Å². The number of benzene rings is 2. The molecule has 3 rings (SSSR count). The van der Waals surface area contributed by atoms with E-state index in [9.17, 15) is 14.4 Å². The highest BCUT2D eigenvalue weighted by atomic mass is 16.4. The number of aryl methyl sites for hydroxylation is 1. The Hall–Kier alpha value is -3.15. The van der Waals surface area contributed by atoms with Crippen molar-refractivity contribution < 1.29 is 19.5 Å². The zero-order chi connectivity index (χ0) is 17.3. The topological polar surface area (TPSA) is 86.7 Å². The molecule has 0 aromatic heterocycles. The Kier molecular flexibility index (Phi) is 4.04. The van der Waals surface area contributed by atoms with E-state index in [0.29, 0.717) is 5.56 Å². The Morgan fingerprint density at radius 2 is 1.71 bits per heavy atom. The number of rotatable bonds is 4. The minimum Gasteiger partial charge on any atom is -0.478 e. The molecule has 0 saturated carbocycles. The van der Waals surface area contributed by atoms with E-state index in [1.165, 1.54) is 12.1 Å². The summed E-state index contributed by atoms with van der Waals surface area (Å²) < 4.78 is 0. The van der Waals surface area contributed by atoms with E-state index in [2.05, 4.69) is 5.32 Å². The Balaban J connectivity index is 1.76. The SMILES string of the molecule is Cc1ccc(C2NC(=O)N(Cc3ccc(C(=O)O)cc3)C2=O)cc1. The first-order valence-corrected chi connectivity index (χ1v) is 7.46. The van der Waals surface area contributed by atoms with Crippen molar-refractivity contribution in [3.63, 3.8) is 0 Å². The second-order valence-corrected chi connectivity index (χ2v) is 5.72. The summed E-state index contributed by atoms with van der Waals surface area (Å²) in [5.74, 6) is -1.33. The van der Waals surface area contributed by atoms with Crippen molar-refractivity contribution in [1.29, 1.82) is 0 Å². The smallest absolute Gasteiger partial charge is 0.335 e. The summed E-state index contributed by atoms with van der Waals surface area (Å²) in [6, 6.07) is 12.4. The van der Waals surface area contributed by atoms with Crippen LogP contribution in [0.5, 0.6) is 0 Å². The minimum atomic E-state index is -1.02. The summed E-state index contributed by atoms with van der Waals surface area (Å²) in [6.07, 6.45) is 0. The van der Waals surface area contributed by atoms with Crippen molar-refractivity contribution in [2.75, 3.05) is 0 Å². The molecular formula is C18H16N2O4. The summed E-state index contributed by atoms with van der Waals surface area (Å²) in [5, 5.41) is 11.6. The molecule has 0 bridgehead atoms. The second-order valence-electron chi connectivity index (χ2n) is 5.72. The van der Waals surface area contributed by atoms with Crippen molar-refractivity contribution in [2.45, 2.75) is 19.5 Å². The quantitative estimate of drug-likeness (QED) is 0.846. The monoisotopic (exact) mass is 324 g/mol. The Morgan fingerprint density at radius 1 is 1.08 bits per heavy atom. The molecule has 3 amide bonds. The molecule has 1 fully saturated rings. The highest BCUT2D eigenvalue weighted by Crippen LogP contribution is 2.23. The average Bonchev–Trinajstić information content (AvgIpc) is 2.84. The third-order valence-electron chi connectivity index (χ3n) is 3.98. The maximum absolute atomic E-state index is 12.5. The molecule has 1 atom stereocenters. The summed E-state index contributed by atoms with van der Waals surface area (Å²) >= 11 is 0. The summed E-state index contributed by atoms with van der Waals surface area (Å²) in [4.78, 5) is 36.6. The first-order valence-electron chi connectivity index (χ1n) is 7.46. The molecule has 1 aliphatic rings. The van der Waals surface area contributed by atoms with Gasteiger partial charge in [-0.05, 0) is 30.2 Å². The van der Waals surface area contributed by atoms with Crippen LogP contribution in [-0.4, -0.2) is 27.9 Å². The van der Waals surface area contributed by atoms with Crippen LogP contribution in [0.25, 0.3) is 0 Å². The molecule has 0 aliphatic carbocycles. The maximum Gasteiger partial charge on any atom is 0.335 e. The van der Waals surface area contributed by atoms with Crippen LogP contribution in [-0.2, 0) is 11.3 Å². The lowest BCUT2D eigenvalue weighted by molar-refractivity contribution is -0.128. The van der Waals surface area contributed by atoms with Crippen molar-refractivity contribution in [3.05, 3.63) is 70.8 Å². The molecule has 1 saturated heterocycles. The molecule has 2 aromatic rings. The number of carboxylic acids is 1. The number of amides is 3. The Labute approximate surface area is 138 Å². The van der Waals surface area contributed by atoms with Crippen molar-refractivity contribution in [1.82, 2.24) is 10.2 Å². The zero-order valence-electron chi connectivity index (χ0n) is 13.0. The van der Waals surface area contributed by atoms with Gasteiger partial charge in [0.05, 0.1) is 12.1 Å². The Morgan fingerprint density at radius 3 is 2.29 bits per heavy atom. The van der Waals surface area contributed by atoms with E-state index >= 15 is 0 Å². The summed E-state index contributed by atoms with van der Waals surface area (Å²) in [7, 11) is 0. The van der Waals surface area contributed by atoms with Gasteiger partial charge in [0.15, 0.2) is 0 Å². The molecule has 2 aromatic carbocycles. The number of hydrogen-bond donors (Lipinski definition) is 2. The van der Waals surface area contributed by atoms with Gasteiger partial charge in [-0.25, -0.2) is 9.59 Å². The van der Waals surface area contributed by atoms with Gasteiger partial charge in [0.1, 0.15) is 6.04 Å². The standard InChI is InChI=1S/C18H16N2O4/c1-11-2-6-13(7-3-11)15-16(21)20(18(24)19-15)10-12-4-8-14(9-5-12)17(22)23/h2-9,15H,10H2,1H3,(H,19,24)(H,22,23). The first kappa shape index (κ1) is 15.7. The van der Waals surface area contributed by atoms with E-state index in [0.717, 1.165) is 16.0 Å². The van der Waals surface area contributed by atoms with Gasteiger partial charge < -0.3 is 10.4 Å². The van der Waals surface area contributed by atoms with E-state index in [-0.39, 0.29) is 18.0 Å². The molecule has 6 nitrogen and oxygen atoms in total. The van der Waals surface area contributed by atoms with Gasteiger partial charge in [-0.3, -0.25) is 9.69 Å². The van der Waals surface area contributed by atoms with Gasteiger partial charge in [0.25, 0.3) is 5.91 Å². The lowest BCUT2D eigenvalue weighted by Gasteiger charge is -2.13. The maximum atomic E-state index is 12.5. The number of carboxylic acid groups (broad SMARTS) is 1. The molecule has 122 valence electrons. The fraction of sp³-hybridized carbons (Fsp3) is 0.167. The lowest BCUT2D eigenvalue weighted by Crippen LogP contribution is -2.30. The molecule has 6 heteroatoms. The molecule has 24 heavy (non-hydrogen) atoms. The fourth-order valence-corrected chi connectivity index (χ4v) is 2.59. The average molecular weight is 324 g/mol. The van der Waals surface area contributed by atoms with Crippen molar-refractivity contribution in [2.24, 2.45) is 0 Å². The van der Waals surface area contributed by atoms with Crippen LogP contribution in [0.15, 0.2) is 48.5 Å². The normalized spacial score (nSPS) is 17.0. The van der Waals surface area contributed by atoms with Gasteiger partial charge in [0, 0.05) is 0 Å². The number of carbonyl (C=O) groups excluding carboxylic acids is 2. The Bertz CT molecular complexity index is 797. The molecule has 1 heterocycles. The number of hydrogen-bond acceptors (Lipinski definition) is 3. The van der Waals surface area contributed by atoms with Crippen LogP contribution < -0.4 is 5.32 Å². The van der Waals surface area contributed by atoms with Crippen LogP contribution in [0.4, 0.5) is 4.79 Å². The van der Waals surface area contributed by atoms with E-state index < -0.39 is 18.0 Å². The number of nitrogens with zero attached hydrogens (tertiary/aromatic N) is 1. The van der Waals surface area contributed by atoms with Crippen molar-refractivity contribution in [3.8, 4) is 0 Å². The number of urea groups is 1. The minimum absolute atomic E-state index is 0.104. The third kappa shape index (κ3) is 2.99. The lowest BCUT2D eigenvalue weighted by atomic mass is 10.1. The van der Waals surface area contributed by atoms with E-state index in [1.54, 1.807) is 12.1 Å². The molecular weight excluding hydrogens is 308 g/mol. The first-order chi connectivity index (χ1) is 11.5. The van der Waals surface area contributed by atoms with Gasteiger partial charge in [-0.2, -0.15) is 0 Å². The number of carbonyl (C=O) groups is 3. The number of nitrogens with one attached hydrogen (secondary N) is 1. The molecule has 2 N–H and O–H groups in total. The fourth-order valence-electron chi connectivity index (χ4n) is 2.59. The van der Waals surface area contributed by atoms with Crippen LogP contribution in [0, 0.1) is 6.92 Å². The number of imide groups is 1. The largest absolute Gasteiger partial charge is 0.478 e. The predicted molar refractivity (Wildman–Crippen MR) is 86.4 cm³/mol. The third-order valence-corrected chi connectivity index (χ3v) is 3.98. The molecule has 1 unspecified atom stereocenters. The molecule has 0 spiro atoms. The number of aromatic carboxylic acids is 1. The van der Waals surface area contributed by atoms with Crippen LogP contribution in [0.3, 0.4) is 0 Å². The van der Waals surface area contributed by atoms with Crippen LogP contribution in [0.2, 0.25) is 0 Å². The summed E-state index contributed by atoms with van der Waals surface area (Å²) in [5.41, 5.74) is 2.66. The summed E-state index contributed by atoms with van der Waals surface area (Å²) in [6.45, 7) is 2.05. The highest BCUT2D eigenvalue weighted by molar-refractivity contribution is 6.04. The van der Waals surface area contributed by atoms with E-state index in [4.69, 9.17) is 5.11 Å². The van der Waals surface area contributed by atoms with Gasteiger partial charge in [-0.1, -0.05) is 42.0 Å². The highest BCUT2D eigenvalue weighted by Gasteiger charge is 2.38. The second kappa shape index (κ2) is 6.16. The van der Waals surface area contributed by atoms with E-state index in [1.807, 2.05) is 31.2 Å².